The van der Waals surface area contributed by atoms with Gasteiger partial charge in [0.2, 0.25) is 0 Å². The Balaban J connectivity index is 1.93. The molecule has 2 heterocycles. The normalized spacial score (nSPS) is 32.0. The minimum atomic E-state index is 0.345. The first-order valence-electron chi connectivity index (χ1n) is 3.28. The van der Waals surface area contributed by atoms with Crippen molar-refractivity contribution in [2.75, 3.05) is 33.1 Å². The molecule has 2 rings (SSSR count). The second kappa shape index (κ2) is 1.94. The van der Waals surface area contributed by atoms with Crippen LogP contribution in [0, 0.1) is 5.41 Å². The van der Waals surface area contributed by atoms with Gasteiger partial charge in [0.15, 0.2) is 0 Å². The van der Waals surface area contributed by atoms with E-state index >= 15 is 0 Å². The van der Waals surface area contributed by atoms with Crippen LogP contribution in [-0.2, 0) is 9.47 Å². The largest absolute Gasteiger partial charge is 0.380 e. The van der Waals surface area contributed by atoms with Crippen LogP contribution in [0.5, 0.6) is 0 Å². The van der Waals surface area contributed by atoms with Gasteiger partial charge in [-0.25, -0.2) is 0 Å². The molecule has 0 aromatic rings. The molecule has 0 aromatic carbocycles. The maximum atomic E-state index is 5.24. The molecule has 2 fully saturated rings. The Morgan fingerprint density at radius 2 is 1.89 bits per heavy atom. The molecule has 0 bridgehead atoms. The summed E-state index contributed by atoms with van der Waals surface area (Å²) in [6.45, 7) is 4.40. The van der Waals surface area contributed by atoms with Crippen molar-refractivity contribution in [3.8, 4) is 0 Å². The molecule has 2 aliphatic heterocycles. The summed E-state index contributed by atoms with van der Waals surface area (Å²) in [5, 5.41) is 3.18. The maximum Gasteiger partial charge on any atom is 0.0965 e. The molecule has 0 aromatic heterocycles. The molecule has 0 atom stereocenters. The molecule has 0 aliphatic carbocycles. The third kappa shape index (κ3) is 0.852. The van der Waals surface area contributed by atoms with E-state index in [0.29, 0.717) is 12.1 Å². The Morgan fingerprint density at radius 1 is 1.11 bits per heavy atom. The van der Waals surface area contributed by atoms with Gasteiger partial charge in [-0.15, -0.1) is 0 Å². The zero-order valence-electron chi connectivity index (χ0n) is 5.35. The molecular formula is C6H11NO2. The zero-order chi connectivity index (χ0) is 6.16. The monoisotopic (exact) mass is 129 g/mol. The van der Waals surface area contributed by atoms with Crippen molar-refractivity contribution in [3.05, 3.63) is 0 Å². The van der Waals surface area contributed by atoms with Gasteiger partial charge in [0.05, 0.1) is 32.0 Å². The van der Waals surface area contributed by atoms with Gasteiger partial charge in [0, 0.05) is 6.54 Å². The first-order chi connectivity index (χ1) is 4.41. The van der Waals surface area contributed by atoms with E-state index in [9.17, 15) is 0 Å². The molecule has 52 valence electrons. The van der Waals surface area contributed by atoms with E-state index in [1.165, 1.54) is 0 Å². The molecule has 3 heteroatoms. The van der Waals surface area contributed by atoms with Gasteiger partial charge in [-0.1, -0.05) is 0 Å². The van der Waals surface area contributed by atoms with Gasteiger partial charge < -0.3 is 9.47 Å². The number of ether oxygens (including phenoxy) is 2. The minimum Gasteiger partial charge on any atom is -0.380 e. The predicted octanol–water partition coefficient (Wildman–Crippen LogP) is -0.420. The number of nitrogens with one attached hydrogen (secondary N) is 1. The van der Waals surface area contributed by atoms with Crippen LogP contribution < -0.4 is 5.32 Å². The molecule has 0 amide bonds. The molecule has 9 heavy (non-hydrogen) atoms. The fraction of sp³-hybridized carbons (Fsp3) is 1.00. The summed E-state index contributed by atoms with van der Waals surface area (Å²) >= 11 is 0. The lowest BCUT2D eigenvalue weighted by Gasteiger charge is -2.43. The molecule has 3 nitrogen and oxygen atoms in total. The molecule has 1 spiro atoms. The second-order valence-corrected chi connectivity index (χ2v) is 2.91. The van der Waals surface area contributed by atoms with Crippen LogP contribution in [0.3, 0.4) is 0 Å². The van der Waals surface area contributed by atoms with Crippen LogP contribution in [-0.4, -0.2) is 33.1 Å². The summed E-state index contributed by atoms with van der Waals surface area (Å²) in [5.41, 5.74) is 0.345. The van der Waals surface area contributed by atoms with Crippen molar-refractivity contribution < 1.29 is 9.47 Å². The van der Waals surface area contributed by atoms with Crippen molar-refractivity contribution in [2.45, 2.75) is 0 Å². The first-order valence-corrected chi connectivity index (χ1v) is 3.28. The van der Waals surface area contributed by atoms with Crippen LogP contribution in [0.15, 0.2) is 0 Å². The summed E-state index contributed by atoms with van der Waals surface area (Å²) in [6.07, 6.45) is 0. The lowest BCUT2D eigenvalue weighted by Crippen LogP contribution is -2.56. The first kappa shape index (κ1) is 5.65. The fourth-order valence-electron chi connectivity index (χ4n) is 1.28. The van der Waals surface area contributed by atoms with Gasteiger partial charge in [0.25, 0.3) is 0 Å². The van der Waals surface area contributed by atoms with Crippen LogP contribution >= 0.6 is 0 Å². The lowest BCUT2D eigenvalue weighted by atomic mass is 9.86. The van der Waals surface area contributed by atoms with Crippen molar-refractivity contribution in [2.24, 2.45) is 5.41 Å². The van der Waals surface area contributed by atoms with Crippen LogP contribution in [0.1, 0.15) is 0 Å². The Labute approximate surface area is 54.3 Å². The van der Waals surface area contributed by atoms with Crippen molar-refractivity contribution >= 4 is 0 Å². The van der Waals surface area contributed by atoms with Crippen molar-refractivity contribution in [3.63, 3.8) is 0 Å². The van der Waals surface area contributed by atoms with E-state index in [0.717, 1.165) is 26.4 Å². The smallest absolute Gasteiger partial charge is 0.0965 e. The number of rotatable bonds is 0. The predicted molar refractivity (Wildman–Crippen MR) is 32.1 cm³/mol. The fourth-order valence-corrected chi connectivity index (χ4v) is 1.28. The summed E-state index contributed by atoms with van der Waals surface area (Å²) < 4.78 is 10.3. The van der Waals surface area contributed by atoms with Crippen LogP contribution in [0.25, 0.3) is 0 Å². The summed E-state index contributed by atoms with van der Waals surface area (Å²) in [6, 6.07) is 0. The van der Waals surface area contributed by atoms with E-state index in [1.807, 2.05) is 0 Å². The Bertz CT molecular complexity index is 104. The highest BCUT2D eigenvalue weighted by Crippen LogP contribution is 2.28. The lowest BCUT2D eigenvalue weighted by molar-refractivity contribution is -0.168. The molecule has 2 saturated heterocycles. The summed E-state index contributed by atoms with van der Waals surface area (Å²) in [5.74, 6) is 0. The SMILES string of the molecule is C1NCC2(CO1)COC2. The average molecular weight is 129 g/mol. The van der Waals surface area contributed by atoms with Gasteiger partial charge in [0.1, 0.15) is 0 Å². The number of hydrogen-bond donors (Lipinski definition) is 1. The van der Waals surface area contributed by atoms with Crippen LogP contribution in [0.2, 0.25) is 0 Å². The van der Waals surface area contributed by atoms with E-state index in [2.05, 4.69) is 5.32 Å². The standard InChI is InChI=1S/C6H11NO2/c1-6(2-8-3-6)4-9-5-7-1/h7H,1-5H2. The Hall–Kier alpha value is -0.120. The molecule has 1 N–H and O–H groups in total. The van der Waals surface area contributed by atoms with E-state index in [4.69, 9.17) is 9.47 Å². The van der Waals surface area contributed by atoms with Gasteiger partial charge in [-0.3, -0.25) is 5.32 Å². The highest BCUT2D eigenvalue weighted by Gasteiger charge is 2.40. The topological polar surface area (TPSA) is 30.5 Å². The summed E-state index contributed by atoms with van der Waals surface area (Å²) in [7, 11) is 0. The molecule has 0 unspecified atom stereocenters. The Kier molecular flexibility index (Phi) is 1.22. The molecule has 0 radical (unpaired) electrons. The van der Waals surface area contributed by atoms with Crippen molar-refractivity contribution in [1.29, 1.82) is 0 Å². The van der Waals surface area contributed by atoms with E-state index in [-0.39, 0.29) is 0 Å². The van der Waals surface area contributed by atoms with Gasteiger partial charge in [-0.2, -0.15) is 0 Å². The van der Waals surface area contributed by atoms with Crippen molar-refractivity contribution in [1.82, 2.24) is 5.32 Å². The quantitative estimate of drug-likeness (QED) is 0.482. The maximum absolute atomic E-state index is 5.24. The molecular weight excluding hydrogens is 118 g/mol. The highest BCUT2D eigenvalue weighted by atomic mass is 16.5. The number of hydrogen-bond acceptors (Lipinski definition) is 3. The second-order valence-electron chi connectivity index (χ2n) is 2.91. The van der Waals surface area contributed by atoms with E-state index in [1.54, 1.807) is 0 Å². The Morgan fingerprint density at radius 3 is 2.22 bits per heavy atom. The molecule has 0 saturated carbocycles. The summed E-state index contributed by atoms with van der Waals surface area (Å²) in [4.78, 5) is 0. The average Bonchev–Trinajstić information content (AvgIpc) is 1.87. The molecule has 2 aliphatic rings. The van der Waals surface area contributed by atoms with E-state index < -0.39 is 0 Å². The van der Waals surface area contributed by atoms with Gasteiger partial charge in [-0.05, 0) is 0 Å². The third-order valence-corrected chi connectivity index (χ3v) is 1.93. The third-order valence-electron chi connectivity index (χ3n) is 1.93. The minimum absolute atomic E-state index is 0.345. The zero-order valence-corrected chi connectivity index (χ0v) is 5.35. The van der Waals surface area contributed by atoms with Gasteiger partial charge >= 0.3 is 0 Å². The van der Waals surface area contributed by atoms with Crippen LogP contribution in [0.4, 0.5) is 0 Å². The highest BCUT2D eigenvalue weighted by molar-refractivity contribution is 4.88.